The van der Waals surface area contributed by atoms with Crippen molar-refractivity contribution in [2.24, 2.45) is 5.73 Å². The van der Waals surface area contributed by atoms with E-state index in [1.54, 1.807) is 0 Å². The van der Waals surface area contributed by atoms with E-state index in [1.807, 2.05) is 0 Å². The van der Waals surface area contributed by atoms with Crippen LogP contribution in [0.4, 0.5) is 9.18 Å². The summed E-state index contributed by atoms with van der Waals surface area (Å²) in [6, 6.07) is 3.83. The summed E-state index contributed by atoms with van der Waals surface area (Å²) >= 11 is 0. The maximum atomic E-state index is 13.7. The molecule has 20 heavy (non-hydrogen) atoms. The Kier molecular flexibility index (Phi) is 6.00. The summed E-state index contributed by atoms with van der Waals surface area (Å²) in [6.07, 6.45) is -0.947. The van der Waals surface area contributed by atoms with Gasteiger partial charge in [0.2, 0.25) is 0 Å². The molecular weight excluding hydrogens is 267 g/mol. The van der Waals surface area contributed by atoms with Crippen molar-refractivity contribution >= 4 is 12.0 Å². The quantitative estimate of drug-likeness (QED) is 0.533. The normalized spacial score (nSPS) is 9.30. The van der Waals surface area contributed by atoms with Crippen molar-refractivity contribution < 1.29 is 23.8 Å². The summed E-state index contributed by atoms with van der Waals surface area (Å²) in [5.74, 6) is 3.52. The lowest BCUT2D eigenvalue weighted by Crippen LogP contribution is -2.29. The van der Waals surface area contributed by atoms with Crippen LogP contribution in [-0.4, -0.2) is 36.9 Å². The Morgan fingerprint density at radius 2 is 2.20 bits per heavy atom. The number of hydrogen-bond donors (Lipinski definition) is 3. The van der Waals surface area contributed by atoms with Crippen LogP contribution in [0, 0.1) is 17.7 Å². The molecule has 7 heteroatoms. The largest absolute Gasteiger partial charge is 0.448 e. The molecule has 6 nitrogen and oxygen atoms in total. The van der Waals surface area contributed by atoms with Crippen LogP contribution in [0.25, 0.3) is 0 Å². The predicted molar refractivity (Wildman–Crippen MR) is 68.2 cm³/mol. The summed E-state index contributed by atoms with van der Waals surface area (Å²) in [6.45, 7) is -0.403. The molecule has 0 saturated heterocycles. The highest BCUT2D eigenvalue weighted by Gasteiger charge is 2.11. The summed E-state index contributed by atoms with van der Waals surface area (Å²) in [5, 5.41) is 10.9. The highest BCUT2D eigenvalue weighted by molar-refractivity contribution is 5.94. The number of nitrogens with one attached hydrogen (secondary N) is 1. The third-order valence-corrected chi connectivity index (χ3v) is 2.16. The number of carbonyl (C=O) groups excluding carboxylic acids is 2. The Morgan fingerprint density at radius 1 is 1.45 bits per heavy atom. The molecule has 0 unspecified atom stereocenters. The lowest BCUT2D eigenvalue weighted by Gasteiger charge is -2.06. The molecule has 0 bridgehead atoms. The SMILES string of the molecule is NC(=O)OCCNC(=O)c1ccc(C#CCO)cc1F. The van der Waals surface area contributed by atoms with Gasteiger partial charge in [-0.1, -0.05) is 11.8 Å². The van der Waals surface area contributed by atoms with Gasteiger partial charge in [0.1, 0.15) is 19.0 Å². The summed E-state index contributed by atoms with van der Waals surface area (Å²) in [5.41, 5.74) is 4.93. The van der Waals surface area contributed by atoms with E-state index in [0.717, 1.165) is 6.07 Å². The van der Waals surface area contributed by atoms with Crippen LogP contribution in [0.15, 0.2) is 18.2 Å². The fraction of sp³-hybridized carbons (Fsp3) is 0.231. The topological polar surface area (TPSA) is 102 Å². The fourth-order valence-corrected chi connectivity index (χ4v) is 1.33. The van der Waals surface area contributed by atoms with Crippen LogP contribution >= 0.6 is 0 Å². The Morgan fingerprint density at radius 3 is 2.80 bits per heavy atom. The van der Waals surface area contributed by atoms with E-state index in [1.165, 1.54) is 12.1 Å². The van der Waals surface area contributed by atoms with Gasteiger partial charge in [0.15, 0.2) is 0 Å². The van der Waals surface area contributed by atoms with E-state index in [9.17, 15) is 14.0 Å². The first-order chi connectivity index (χ1) is 9.54. The predicted octanol–water partition coefficient (Wildman–Crippen LogP) is -0.00540. The van der Waals surface area contributed by atoms with Crippen LogP contribution in [0.3, 0.4) is 0 Å². The second-order valence-electron chi connectivity index (χ2n) is 3.58. The molecule has 106 valence electrons. The van der Waals surface area contributed by atoms with Crippen LogP contribution in [0.5, 0.6) is 0 Å². The van der Waals surface area contributed by atoms with Crippen molar-refractivity contribution in [3.8, 4) is 11.8 Å². The Hall–Kier alpha value is -2.59. The number of halogens is 1. The first-order valence-corrected chi connectivity index (χ1v) is 5.64. The van der Waals surface area contributed by atoms with Gasteiger partial charge in [-0.25, -0.2) is 9.18 Å². The summed E-state index contributed by atoms with van der Waals surface area (Å²) in [4.78, 5) is 21.9. The molecule has 0 aromatic heterocycles. The van der Waals surface area contributed by atoms with Gasteiger partial charge in [-0.15, -0.1) is 0 Å². The first kappa shape index (κ1) is 15.5. The van der Waals surface area contributed by atoms with Gasteiger partial charge >= 0.3 is 6.09 Å². The Balaban J connectivity index is 2.62. The minimum atomic E-state index is -0.947. The molecular formula is C13H13FN2O4. The average molecular weight is 280 g/mol. The highest BCUT2D eigenvalue weighted by atomic mass is 19.1. The minimum Gasteiger partial charge on any atom is -0.448 e. The number of benzene rings is 1. The second-order valence-corrected chi connectivity index (χ2v) is 3.58. The van der Waals surface area contributed by atoms with Gasteiger partial charge in [0, 0.05) is 5.56 Å². The van der Waals surface area contributed by atoms with E-state index in [4.69, 9.17) is 10.8 Å². The molecule has 4 N–H and O–H groups in total. The van der Waals surface area contributed by atoms with Gasteiger partial charge in [-0.2, -0.15) is 0 Å². The standard InChI is InChI=1S/C13H13FN2O4/c14-11-8-9(2-1-6-17)3-4-10(11)12(18)16-5-7-20-13(15)19/h3-4,8,17H,5-7H2,(H2,15,19)(H,16,18). The van der Waals surface area contributed by atoms with Gasteiger partial charge in [0.05, 0.1) is 12.1 Å². The number of aliphatic hydroxyl groups is 1. The zero-order chi connectivity index (χ0) is 15.0. The zero-order valence-electron chi connectivity index (χ0n) is 10.5. The number of rotatable bonds is 4. The van der Waals surface area contributed by atoms with Crippen LogP contribution < -0.4 is 11.1 Å². The lowest BCUT2D eigenvalue weighted by atomic mass is 10.1. The zero-order valence-corrected chi connectivity index (χ0v) is 10.5. The van der Waals surface area contributed by atoms with E-state index in [2.05, 4.69) is 21.9 Å². The van der Waals surface area contributed by atoms with Gasteiger partial charge < -0.3 is 20.9 Å². The molecule has 0 fully saturated rings. The third-order valence-electron chi connectivity index (χ3n) is 2.16. The molecule has 0 aliphatic heterocycles. The molecule has 0 radical (unpaired) electrons. The number of hydrogen-bond acceptors (Lipinski definition) is 4. The number of aliphatic hydroxyl groups excluding tert-OH is 1. The van der Waals surface area contributed by atoms with Crippen molar-refractivity contribution in [1.82, 2.24) is 5.32 Å². The molecule has 1 aromatic carbocycles. The van der Waals surface area contributed by atoms with Gasteiger partial charge in [-0.05, 0) is 18.2 Å². The van der Waals surface area contributed by atoms with Gasteiger partial charge in [-0.3, -0.25) is 4.79 Å². The summed E-state index contributed by atoms with van der Waals surface area (Å²) < 4.78 is 18.1. The Bertz CT molecular complexity index is 563. The number of amides is 2. The van der Waals surface area contributed by atoms with E-state index < -0.39 is 17.8 Å². The molecule has 0 heterocycles. The van der Waals surface area contributed by atoms with Crippen molar-refractivity contribution in [3.05, 3.63) is 35.1 Å². The number of carbonyl (C=O) groups is 2. The van der Waals surface area contributed by atoms with Gasteiger partial charge in [0.25, 0.3) is 5.91 Å². The molecule has 0 atom stereocenters. The highest BCUT2D eigenvalue weighted by Crippen LogP contribution is 2.09. The van der Waals surface area contributed by atoms with Crippen LogP contribution in [-0.2, 0) is 4.74 Å². The average Bonchev–Trinajstić information content (AvgIpc) is 2.41. The molecule has 0 saturated carbocycles. The van der Waals surface area contributed by atoms with Crippen molar-refractivity contribution in [2.75, 3.05) is 19.8 Å². The number of nitrogens with two attached hydrogens (primary N) is 1. The summed E-state index contributed by atoms with van der Waals surface area (Å²) in [7, 11) is 0. The third kappa shape index (κ3) is 4.96. The second kappa shape index (κ2) is 7.76. The lowest BCUT2D eigenvalue weighted by molar-refractivity contribution is 0.0933. The van der Waals surface area contributed by atoms with Crippen LogP contribution in [0.1, 0.15) is 15.9 Å². The minimum absolute atomic E-state index is 0.0211. The molecule has 0 aliphatic carbocycles. The molecule has 0 spiro atoms. The fourth-order valence-electron chi connectivity index (χ4n) is 1.33. The van der Waals surface area contributed by atoms with E-state index in [-0.39, 0.29) is 25.3 Å². The number of ether oxygens (including phenoxy) is 1. The van der Waals surface area contributed by atoms with Crippen LogP contribution in [0.2, 0.25) is 0 Å². The van der Waals surface area contributed by atoms with E-state index in [0.29, 0.717) is 5.56 Å². The molecule has 1 aromatic rings. The molecule has 0 aliphatic rings. The number of primary amides is 1. The maximum absolute atomic E-state index is 13.7. The van der Waals surface area contributed by atoms with Crippen molar-refractivity contribution in [1.29, 1.82) is 0 Å². The van der Waals surface area contributed by atoms with E-state index >= 15 is 0 Å². The monoisotopic (exact) mass is 280 g/mol. The van der Waals surface area contributed by atoms with Crippen molar-refractivity contribution in [3.63, 3.8) is 0 Å². The Labute approximate surface area is 114 Å². The smallest absolute Gasteiger partial charge is 0.404 e. The molecule has 1 rings (SSSR count). The first-order valence-electron chi connectivity index (χ1n) is 5.64. The maximum Gasteiger partial charge on any atom is 0.404 e. The van der Waals surface area contributed by atoms with Crippen molar-refractivity contribution in [2.45, 2.75) is 0 Å². The molecule has 2 amide bonds.